The largest absolute Gasteiger partial charge is 0.508 e. The third-order valence-corrected chi connectivity index (χ3v) is 5.05. The number of hydrogen-bond acceptors (Lipinski definition) is 5. The van der Waals surface area contributed by atoms with Crippen LogP contribution in [0, 0.1) is 5.92 Å². The van der Waals surface area contributed by atoms with Crippen LogP contribution in [-0.2, 0) is 11.3 Å². The fourth-order valence-electron chi connectivity index (χ4n) is 2.98. The number of thiol groups is 1. The molecule has 0 spiro atoms. The van der Waals surface area contributed by atoms with Crippen molar-refractivity contribution in [1.82, 2.24) is 16.0 Å². The van der Waals surface area contributed by atoms with E-state index in [9.17, 15) is 9.90 Å². The van der Waals surface area contributed by atoms with Crippen LogP contribution in [0.3, 0.4) is 0 Å². The van der Waals surface area contributed by atoms with Crippen LogP contribution in [0.2, 0.25) is 0 Å². The molecule has 0 saturated carbocycles. The Morgan fingerprint density at radius 2 is 2.29 bits per heavy atom. The fourth-order valence-corrected chi connectivity index (χ4v) is 3.34. The van der Waals surface area contributed by atoms with Gasteiger partial charge in [-0.3, -0.25) is 4.79 Å². The highest BCUT2D eigenvalue weighted by molar-refractivity contribution is 7.81. The maximum absolute atomic E-state index is 12.6. The normalized spacial score (nSPS) is 23.0. The number of amides is 1. The molecule has 4 atom stereocenters. The molecule has 1 fully saturated rings. The highest BCUT2D eigenvalue weighted by atomic mass is 32.1. The van der Waals surface area contributed by atoms with Gasteiger partial charge in [-0.1, -0.05) is 32.4 Å². The second kappa shape index (κ2) is 9.30. The molecule has 2 rings (SSSR count). The molecule has 1 aliphatic rings. The Hall–Kier alpha value is -1.24. The van der Waals surface area contributed by atoms with Crippen molar-refractivity contribution in [1.29, 1.82) is 0 Å². The van der Waals surface area contributed by atoms with E-state index >= 15 is 0 Å². The molecule has 0 aromatic heterocycles. The Balaban J connectivity index is 1.87. The lowest BCUT2D eigenvalue weighted by Crippen LogP contribution is -2.50. The Labute approximate surface area is 150 Å². The minimum Gasteiger partial charge on any atom is -0.508 e. The predicted octanol–water partition coefficient (Wildman–Crippen LogP) is 1.67. The van der Waals surface area contributed by atoms with E-state index in [1.54, 1.807) is 18.2 Å². The van der Waals surface area contributed by atoms with Crippen LogP contribution in [0.5, 0.6) is 5.75 Å². The number of carbonyl (C=O) groups excluding carboxylic acids is 1. The Bertz CT molecular complexity index is 541. The average Bonchev–Trinajstić information content (AvgIpc) is 2.98. The van der Waals surface area contributed by atoms with Gasteiger partial charge in [-0.15, -0.1) is 0 Å². The quantitative estimate of drug-likeness (QED) is 0.462. The number of aromatic hydroxyl groups is 1. The molecule has 134 valence electrons. The first-order valence-corrected chi connectivity index (χ1v) is 9.21. The molecule has 1 aromatic carbocycles. The van der Waals surface area contributed by atoms with Crippen LogP contribution in [0.4, 0.5) is 0 Å². The monoisotopic (exact) mass is 351 g/mol. The minimum atomic E-state index is -0.215. The molecule has 1 saturated heterocycles. The van der Waals surface area contributed by atoms with Crippen molar-refractivity contribution in [2.45, 2.75) is 50.6 Å². The first-order valence-electron chi connectivity index (χ1n) is 8.70. The molecule has 24 heavy (non-hydrogen) atoms. The summed E-state index contributed by atoms with van der Waals surface area (Å²) in [6, 6.07) is 7.12. The molecular formula is C18H29N3O2S. The first kappa shape index (κ1) is 19.1. The van der Waals surface area contributed by atoms with Gasteiger partial charge >= 0.3 is 0 Å². The van der Waals surface area contributed by atoms with Crippen LogP contribution >= 0.6 is 12.6 Å². The zero-order chi connectivity index (χ0) is 17.5. The van der Waals surface area contributed by atoms with Crippen LogP contribution in [0.15, 0.2) is 24.3 Å². The number of nitrogens with one attached hydrogen (secondary N) is 3. The number of hydrogen-bond donors (Lipinski definition) is 5. The molecule has 0 radical (unpaired) electrons. The molecule has 1 aromatic rings. The molecule has 0 aliphatic carbocycles. The molecule has 1 aliphatic heterocycles. The zero-order valence-electron chi connectivity index (χ0n) is 14.5. The summed E-state index contributed by atoms with van der Waals surface area (Å²) in [5.74, 6) is 0.474. The average molecular weight is 352 g/mol. The fraction of sp³-hybridized carbons (Fsp3) is 0.611. The number of benzene rings is 1. The SMILES string of the molecule is CC[C@H](C)[C@H](NC[C@H]1C[C@@H](S)CN1)C(=O)NCc1cccc(O)c1. The first-order chi connectivity index (χ1) is 11.5. The third-order valence-electron chi connectivity index (χ3n) is 4.66. The van der Waals surface area contributed by atoms with Crippen molar-refractivity contribution < 1.29 is 9.90 Å². The van der Waals surface area contributed by atoms with Gasteiger partial charge in [0, 0.05) is 30.9 Å². The smallest absolute Gasteiger partial charge is 0.237 e. The van der Waals surface area contributed by atoms with E-state index in [0.29, 0.717) is 17.8 Å². The highest BCUT2D eigenvalue weighted by Crippen LogP contribution is 2.14. The van der Waals surface area contributed by atoms with Gasteiger partial charge in [0.1, 0.15) is 5.75 Å². The van der Waals surface area contributed by atoms with E-state index in [2.05, 4.69) is 42.4 Å². The summed E-state index contributed by atoms with van der Waals surface area (Å²) in [4.78, 5) is 12.6. The Morgan fingerprint density at radius 1 is 1.50 bits per heavy atom. The maximum Gasteiger partial charge on any atom is 0.237 e. The summed E-state index contributed by atoms with van der Waals surface area (Å²) in [7, 11) is 0. The molecule has 5 nitrogen and oxygen atoms in total. The molecule has 0 bridgehead atoms. The Morgan fingerprint density at radius 3 is 2.92 bits per heavy atom. The molecule has 1 heterocycles. The van der Waals surface area contributed by atoms with Gasteiger partial charge in [-0.2, -0.15) is 12.6 Å². The van der Waals surface area contributed by atoms with Crippen molar-refractivity contribution in [3.63, 3.8) is 0 Å². The molecule has 1 amide bonds. The van der Waals surface area contributed by atoms with Crippen LogP contribution in [0.1, 0.15) is 32.3 Å². The predicted molar refractivity (Wildman–Crippen MR) is 100 cm³/mol. The summed E-state index contributed by atoms with van der Waals surface area (Å²) in [6.45, 7) is 6.30. The van der Waals surface area contributed by atoms with E-state index in [0.717, 1.165) is 31.5 Å². The van der Waals surface area contributed by atoms with Gasteiger partial charge in [0.05, 0.1) is 6.04 Å². The summed E-state index contributed by atoms with van der Waals surface area (Å²) in [5.41, 5.74) is 0.890. The lowest BCUT2D eigenvalue weighted by molar-refractivity contribution is -0.124. The summed E-state index contributed by atoms with van der Waals surface area (Å²) in [5, 5.41) is 19.7. The molecule has 0 unspecified atom stereocenters. The summed E-state index contributed by atoms with van der Waals surface area (Å²) < 4.78 is 0. The van der Waals surface area contributed by atoms with Crippen molar-refractivity contribution in [2.75, 3.05) is 13.1 Å². The minimum absolute atomic E-state index is 0.00751. The topological polar surface area (TPSA) is 73.4 Å². The number of rotatable bonds is 8. The standard InChI is InChI=1S/C18H29N3O2S/c1-3-12(2)17(20-10-14-8-16(24)11-19-14)18(23)21-9-13-5-4-6-15(22)7-13/h4-7,12,14,16-17,19-20,22,24H,3,8-11H2,1-2H3,(H,21,23)/t12-,14+,16+,17-/m0/s1. The zero-order valence-corrected chi connectivity index (χ0v) is 15.4. The number of carbonyl (C=O) groups is 1. The van der Waals surface area contributed by atoms with Gasteiger partial charge in [0.15, 0.2) is 0 Å². The molecular weight excluding hydrogens is 322 g/mol. The third kappa shape index (κ3) is 5.69. The molecule has 4 N–H and O–H groups in total. The van der Waals surface area contributed by atoms with Crippen LogP contribution in [0.25, 0.3) is 0 Å². The van der Waals surface area contributed by atoms with Crippen molar-refractivity contribution in [2.24, 2.45) is 5.92 Å². The lowest BCUT2D eigenvalue weighted by Gasteiger charge is -2.25. The van der Waals surface area contributed by atoms with Gasteiger partial charge in [0.2, 0.25) is 5.91 Å². The molecule has 6 heteroatoms. The van der Waals surface area contributed by atoms with Gasteiger partial charge in [0.25, 0.3) is 0 Å². The van der Waals surface area contributed by atoms with E-state index in [1.165, 1.54) is 0 Å². The second-order valence-corrected chi connectivity index (χ2v) is 7.38. The van der Waals surface area contributed by atoms with E-state index in [1.807, 2.05) is 6.07 Å². The van der Waals surface area contributed by atoms with Crippen molar-refractivity contribution in [3.05, 3.63) is 29.8 Å². The van der Waals surface area contributed by atoms with E-state index in [-0.39, 0.29) is 23.6 Å². The van der Waals surface area contributed by atoms with Crippen molar-refractivity contribution >= 4 is 18.5 Å². The number of phenolic OH excluding ortho intramolecular Hbond substituents is 1. The maximum atomic E-state index is 12.6. The lowest BCUT2D eigenvalue weighted by atomic mass is 9.97. The van der Waals surface area contributed by atoms with E-state index < -0.39 is 0 Å². The van der Waals surface area contributed by atoms with Crippen molar-refractivity contribution in [3.8, 4) is 5.75 Å². The van der Waals surface area contributed by atoms with Gasteiger partial charge in [-0.25, -0.2) is 0 Å². The van der Waals surface area contributed by atoms with E-state index in [4.69, 9.17) is 0 Å². The van der Waals surface area contributed by atoms with Gasteiger partial charge < -0.3 is 21.1 Å². The van der Waals surface area contributed by atoms with Crippen LogP contribution < -0.4 is 16.0 Å². The summed E-state index contributed by atoms with van der Waals surface area (Å²) >= 11 is 4.49. The Kier molecular flexibility index (Phi) is 7.40. The van der Waals surface area contributed by atoms with Crippen LogP contribution in [-0.4, -0.2) is 41.4 Å². The van der Waals surface area contributed by atoms with Gasteiger partial charge in [-0.05, 0) is 30.0 Å². The second-order valence-electron chi connectivity index (χ2n) is 6.65. The highest BCUT2D eigenvalue weighted by Gasteiger charge is 2.26. The number of phenols is 1. The summed E-state index contributed by atoms with van der Waals surface area (Å²) in [6.07, 6.45) is 1.96.